The first-order chi connectivity index (χ1) is 12.7. The van der Waals surface area contributed by atoms with Gasteiger partial charge in [-0.1, -0.05) is 42.1 Å². The van der Waals surface area contributed by atoms with Gasteiger partial charge in [-0.2, -0.15) is 0 Å². The van der Waals surface area contributed by atoms with Crippen molar-refractivity contribution in [2.45, 2.75) is 22.9 Å². The van der Waals surface area contributed by atoms with Crippen LogP contribution in [0.4, 0.5) is 10.1 Å². The maximum Gasteiger partial charge on any atom is 0.233 e. The molecule has 1 aliphatic rings. The van der Waals surface area contributed by atoms with Gasteiger partial charge in [-0.05, 0) is 35.7 Å². The van der Waals surface area contributed by atoms with Crippen LogP contribution in [0, 0.1) is 5.82 Å². The second-order valence-corrected chi connectivity index (χ2v) is 8.20. The van der Waals surface area contributed by atoms with Gasteiger partial charge >= 0.3 is 0 Å². The molecule has 0 fully saturated rings. The Kier molecular flexibility index (Phi) is 5.04. The molecule has 0 atom stereocenters. The highest BCUT2D eigenvalue weighted by molar-refractivity contribution is 8.00. The van der Waals surface area contributed by atoms with Crippen LogP contribution in [0.5, 0.6) is 0 Å². The van der Waals surface area contributed by atoms with Gasteiger partial charge < -0.3 is 4.90 Å². The lowest BCUT2D eigenvalue weighted by Crippen LogP contribution is -2.30. The third-order valence-corrected chi connectivity index (χ3v) is 6.47. The minimum Gasteiger partial charge on any atom is -0.311 e. The number of hydrogen-bond donors (Lipinski definition) is 0. The zero-order valence-electron chi connectivity index (χ0n) is 14.0. The lowest BCUT2D eigenvalue weighted by molar-refractivity contribution is -0.117. The van der Waals surface area contributed by atoms with E-state index in [9.17, 15) is 9.18 Å². The third kappa shape index (κ3) is 3.81. The van der Waals surface area contributed by atoms with E-state index >= 15 is 0 Å². The zero-order valence-corrected chi connectivity index (χ0v) is 15.7. The standard InChI is InChI=1S/C20H17FN2OS2/c21-16-7-5-14(6-8-16)12-25-20-22-17(13-26-20)11-19(24)23-10-9-15-3-1-2-4-18(15)23/h1-8,13H,9-12H2. The van der Waals surface area contributed by atoms with Crippen molar-refractivity contribution < 1.29 is 9.18 Å². The number of carbonyl (C=O) groups excluding carboxylic acids is 1. The van der Waals surface area contributed by atoms with E-state index in [1.54, 1.807) is 35.2 Å². The van der Waals surface area contributed by atoms with E-state index in [0.29, 0.717) is 6.42 Å². The van der Waals surface area contributed by atoms with Crippen molar-refractivity contribution in [1.82, 2.24) is 4.98 Å². The highest BCUT2D eigenvalue weighted by Gasteiger charge is 2.24. The van der Waals surface area contributed by atoms with Crippen molar-refractivity contribution >= 4 is 34.7 Å². The van der Waals surface area contributed by atoms with Crippen molar-refractivity contribution in [1.29, 1.82) is 0 Å². The van der Waals surface area contributed by atoms with Crippen molar-refractivity contribution in [3.63, 3.8) is 0 Å². The maximum absolute atomic E-state index is 12.9. The lowest BCUT2D eigenvalue weighted by Gasteiger charge is -2.16. The van der Waals surface area contributed by atoms with Crippen molar-refractivity contribution in [2.24, 2.45) is 0 Å². The molecule has 1 amide bonds. The van der Waals surface area contributed by atoms with Crippen LogP contribution in [0.25, 0.3) is 0 Å². The van der Waals surface area contributed by atoms with Gasteiger partial charge in [0.1, 0.15) is 10.2 Å². The topological polar surface area (TPSA) is 33.2 Å². The number of hydrogen-bond acceptors (Lipinski definition) is 4. The summed E-state index contributed by atoms with van der Waals surface area (Å²) in [5.74, 6) is 0.605. The summed E-state index contributed by atoms with van der Waals surface area (Å²) >= 11 is 3.16. The largest absolute Gasteiger partial charge is 0.311 e. The van der Waals surface area contributed by atoms with Crippen LogP contribution < -0.4 is 4.90 Å². The molecule has 0 radical (unpaired) electrons. The number of rotatable bonds is 5. The Morgan fingerprint density at radius 2 is 2.00 bits per heavy atom. The van der Waals surface area contributed by atoms with Crippen LogP contribution in [-0.4, -0.2) is 17.4 Å². The van der Waals surface area contributed by atoms with E-state index in [1.807, 2.05) is 28.5 Å². The molecule has 0 bridgehead atoms. The number of thioether (sulfide) groups is 1. The van der Waals surface area contributed by atoms with Gasteiger partial charge in [0.15, 0.2) is 0 Å². The lowest BCUT2D eigenvalue weighted by atomic mass is 10.2. The van der Waals surface area contributed by atoms with Crippen LogP contribution in [0.15, 0.2) is 58.3 Å². The Balaban J connectivity index is 1.36. The molecule has 0 spiro atoms. The van der Waals surface area contributed by atoms with Gasteiger partial charge in [0.05, 0.1) is 12.1 Å². The summed E-state index contributed by atoms with van der Waals surface area (Å²) in [6.07, 6.45) is 1.24. The fourth-order valence-corrected chi connectivity index (χ4v) is 4.81. The van der Waals surface area contributed by atoms with Crippen LogP contribution in [-0.2, 0) is 23.4 Å². The zero-order chi connectivity index (χ0) is 17.9. The Hall–Kier alpha value is -2.18. The number of benzene rings is 2. The van der Waals surface area contributed by atoms with Crippen molar-refractivity contribution in [2.75, 3.05) is 11.4 Å². The van der Waals surface area contributed by atoms with Gasteiger partial charge in [-0.15, -0.1) is 11.3 Å². The molecule has 0 N–H and O–H groups in total. The predicted octanol–water partition coefficient (Wildman–Crippen LogP) is 4.71. The second kappa shape index (κ2) is 7.60. The first-order valence-corrected chi connectivity index (χ1v) is 10.3. The summed E-state index contributed by atoms with van der Waals surface area (Å²) in [5.41, 5.74) is 4.12. The molecule has 2 aromatic carbocycles. The van der Waals surface area contributed by atoms with E-state index in [4.69, 9.17) is 0 Å². The molecule has 0 saturated heterocycles. The van der Waals surface area contributed by atoms with E-state index < -0.39 is 0 Å². The van der Waals surface area contributed by atoms with Gasteiger partial charge in [-0.25, -0.2) is 9.37 Å². The SMILES string of the molecule is O=C(Cc1csc(SCc2ccc(F)cc2)n1)N1CCc2ccccc21. The first-order valence-electron chi connectivity index (χ1n) is 8.39. The minimum atomic E-state index is -0.225. The second-order valence-electron chi connectivity index (χ2n) is 6.12. The average molecular weight is 385 g/mol. The summed E-state index contributed by atoms with van der Waals surface area (Å²) in [7, 11) is 0. The fraction of sp³-hybridized carbons (Fsp3) is 0.200. The predicted molar refractivity (Wildman–Crippen MR) is 104 cm³/mol. The highest BCUT2D eigenvalue weighted by Crippen LogP contribution is 2.29. The van der Waals surface area contributed by atoms with Crippen LogP contribution in [0.2, 0.25) is 0 Å². The van der Waals surface area contributed by atoms with Crippen LogP contribution >= 0.6 is 23.1 Å². The van der Waals surface area contributed by atoms with Gasteiger partial charge in [0.25, 0.3) is 0 Å². The monoisotopic (exact) mass is 384 g/mol. The highest BCUT2D eigenvalue weighted by atomic mass is 32.2. The summed E-state index contributed by atoms with van der Waals surface area (Å²) < 4.78 is 13.9. The van der Waals surface area contributed by atoms with Crippen LogP contribution in [0.3, 0.4) is 0 Å². The molecule has 0 aliphatic carbocycles. The molecule has 6 heteroatoms. The van der Waals surface area contributed by atoms with E-state index in [2.05, 4.69) is 11.1 Å². The van der Waals surface area contributed by atoms with Crippen molar-refractivity contribution in [3.05, 3.63) is 76.5 Å². The number of amides is 1. The Bertz CT molecular complexity index is 924. The molecule has 1 aromatic heterocycles. The Labute approximate surface area is 159 Å². The molecule has 2 heterocycles. The summed E-state index contributed by atoms with van der Waals surface area (Å²) in [6.45, 7) is 0.745. The first kappa shape index (κ1) is 17.2. The number of thiazole rings is 1. The number of aromatic nitrogens is 1. The average Bonchev–Trinajstić information content (AvgIpc) is 3.28. The maximum atomic E-state index is 12.9. The summed E-state index contributed by atoms with van der Waals surface area (Å²) in [5, 5.41) is 1.95. The van der Waals surface area contributed by atoms with Gasteiger partial charge in [0.2, 0.25) is 5.91 Å². The molecule has 4 rings (SSSR count). The number of para-hydroxylation sites is 1. The minimum absolute atomic E-state index is 0.0929. The molecule has 26 heavy (non-hydrogen) atoms. The molecule has 0 unspecified atom stereocenters. The number of fused-ring (bicyclic) bond motifs is 1. The normalized spacial score (nSPS) is 13.0. The molecular formula is C20H17FN2OS2. The summed E-state index contributed by atoms with van der Waals surface area (Å²) in [6, 6.07) is 14.6. The van der Waals surface area contributed by atoms with Crippen molar-refractivity contribution in [3.8, 4) is 0 Å². The molecule has 3 aromatic rings. The fourth-order valence-electron chi connectivity index (χ4n) is 3.01. The molecular weight excluding hydrogens is 367 g/mol. The number of halogens is 1. The molecule has 1 aliphatic heterocycles. The molecule has 0 saturated carbocycles. The molecule has 3 nitrogen and oxygen atoms in total. The van der Waals surface area contributed by atoms with Gasteiger partial charge in [0, 0.05) is 23.4 Å². The summed E-state index contributed by atoms with van der Waals surface area (Å²) in [4.78, 5) is 19.1. The third-order valence-electron chi connectivity index (χ3n) is 4.33. The van der Waals surface area contributed by atoms with Crippen LogP contribution in [0.1, 0.15) is 16.8 Å². The number of carbonyl (C=O) groups is 1. The smallest absolute Gasteiger partial charge is 0.233 e. The van der Waals surface area contributed by atoms with E-state index in [1.165, 1.54) is 17.7 Å². The quantitative estimate of drug-likeness (QED) is 0.598. The Morgan fingerprint density at radius 3 is 2.85 bits per heavy atom. The van der Waals surface area contributed by atoms with E-state index in [0.717, 1.165) is 40.0 Å². The number of nitrogens with zero attached hydrogens (tertiary/aromatic N) is 2. The molecule has 132 valence electrons. The number of anilines is 1. The Morgan fingerprint density at radius 1 is 1.19 bits per heavy atom. The van der Waals surface area contributed by atoms with Gasteiger partial charge in [-0.3, -0.25) is 4.79 Å². The van der Waals surface area contributed by atoms with E-state index in [-0.39, 0.29) is 11.7 Å².